The first-order chi connectivity index (χ1) is 7.71. The molecule has 1 unspecified atom stereocenters. The van der Waals surface area contributed by atoms with Gasteiger partial charge < -0.3 is 10.3 Å². The highest BCUT2D eigenvalue weighted by atomic mass is 16.5. The lowest BCUT2D eigenvalue weighted by Gasteiger charge is -2.26. The summed E-state index contributed by atoms with van der Waals surface area (Å²) in [5.41, 5.74) is 7.48. The summed E-state index contributed by atoms with van der Waals surface area (Å²) < 4.78 is 5.01. The van der Waals surface area contributed by atoms with Crippen molar-refractivity contribution in [3.8, 4) is 0 Å². The molecule has 1 heterocycles. The zero-order valence-corrected chi connectivity index (χ0v) is 11.1. The van der Waals surface area contributed by atoms with Crippen LogP contribution in [0, 0.1) is 19.3 Å². The zero-order valence-electron chi connectivity index (χ0n) is 11.1. The minimum absolute atomic E-state index is 0.0935. The number of carbonyl (C=O) groups is 1. The van der Waals surface area contributed by atoms with Crippen LogP contribution in [0.4, 0.5) is 5.88 Å². The van der Waals surface area contributed by atoms with Gasteiger partial charge in [-0.2, -0.15) is 0 Å². The van der Waals surface area contributed by atoms with Gasteiger partial charge in [-0.05, 0) is 19.3 Å². The zero-order chi connectivity index (χ0) is 13.2. The van der Waals surface area contributed by atoms with E-state index in [2.05, 4.69) is 10.5 Å². The summed E-state index contributed by atoms with van der Waals surface area (Å²) in [6.07, 6.45) is 0.267. The number of aromatic nitrogens is 1. The van der Waals surface area contributed by atoms with Crippen molar-refractivity contribution in [2.45, 2.75) is 47.1 Å². The van der Waals surface area contributed by atoms with Crippen molar-refractivity contribution in [3.05, 3.63) is 11.3 Å². The first-order valence-corrected chi connectivity index (χ1v) is 5.70. The average molecular weight is 239 g/mol. The molecule has 1 rings (SSSR count). The van der Waals surface area contributed by atoms with Crippen molar-refractivity contribution in [2.24, 2.45) is 11.1 Å². The van der Waals surface area contributed by atoms with Gasteiger partial charge in [0, 0.05) is 18.0 Å². The molecule has 96 valence electrons. The molecule has 0 aromatic carbocycles. The molecule has 0 saturated heterocycles. The quantitative estimate of drug-likeness (QED) is 0.845. The van der Waals surface area contributed by atoms with E-state index in [9.17, 15) is 4.79 Å². The van der Waals surface area contributed by atoms with Crippen molar-refractivity contribution in [2.75, 3.05) is 5.32 Å². The van der Waals surface area contributed by atoms with E-state index in [1.54, 1.807) is 0 Å². The van der Waals surface area contributed by atoms with Crippen molar-refractivity contribution < 1.29 is 9.32 Å². The molecular weight excluding hydrogens is 218 g/mol. The molecule has 0 aliphatic carbocycles. The molecule has 0 spiro atoms. The lowest BCUT2D eigenvalue weighted by Crippen LogP contribution is -2.38. The SMILES string of the molecule is Cc1noc(NC(=O)CC(N)C(C)(C)C)c1C. The number of nitrogens with two attached hydrogens (primary N) is 1. The van der Waals surface area contributed by atoms with Gasteiger partial charge in [0.1, 0.15) is 0 Å². The lowest BCUT2D eigenvalue weighted by molar-refractivity contribution is -0.117. The van der Waals surface area contributed by atoms with Crippen molar-refractivity contribution in [1.29, 1.82) is 0 Å². The fourth-order valence-corrected chi connectivity index (χ4v) is 1.22. The van der Waals surface area contributed by atoms with Gasteiger partial charge in [-0.1, -0.05) is 25.9 Å². The van der Waals surface area contributed by atoms with Crippen molar-refractivity contribution in [1.82, 2.24) is 5.16 Å². The fourth-order valence-electron chi connectivity index (χ4n) is 1.22. The Labute approximate surface area is 102 Å². The van der Waals surface area contributed by atoms with Gasteiger partial charge >= 0.3 is 0 Å². The predicted octanol–water partition coefficient (Wildman–Crippen LogP) is 1.99. The minimum Gasteiger partial charge on any atom is -0.338 e. The number of rotatable bonds is 3. The molecule has 5 heteroatoms. The second-order valence-corrected chi connectivity index (χ2v) is 5.45. The van der Waals surface area contributed by atoms with Crippen LogP contribution in [0.15, 0.2) is 4.52 Å². The Kier molecular flexibility index (Phi) is 3.93. The summed E-state index contributed by atoms with van der Waals surface area (Å²) in [6.45, 7) is 9.71. The van der Waals surface area contributed by atoms with Crippen LogP contribution in [-0.4, -0.2) is 17.1 Å². The number of hydrogen-bond donors (Lipinski definition) is 2. The van der Waals surface area contributed by atoms with E-state index >= 15 is 0 Å². The number of aryl methyl sites for hydroxylation is 1. The monoisotopic (exact) mass is 239 g/mol. The van der Waals surface area contributed by atoms with Gasteiger partial charge in [0.05, 0.1) is 5.69 Å². The molecule has 0 bridgehead atoms. The maximum Gasteiger partial charge on any atom is 0.234 e. The Hall–Kier alpha value is -1.36. The highest BCUT2D eigenvalue weighted by Crippen LogP contribution is 2.21. The van der Waals surface area contributed by atoms with E-state index in [0.29, 0.717) is 5.88 Å². The molecule has 0 saturated carbocycles. The molecule has 1 atom stereocenters. The van der Waals surface area contributed by atoms with E-state index in [0.717, 1.165) is 11.3 Å². The first kappa shape index (κ1) is 13.7. The maximum absolute atomic E-state index is 11.8. The van der Waals surface area contributed by atoms with Crippen LogP contribution < -0.4 is 11.1 Å². The maximum atomic E-state index is 11.8. The van der Waals surface area contributed by atoms with Gasteiger partial charge in [-0.15, -0.1) is 0 Å². The number of nitrogens with zero attached hydrogens (tertiary/aromatic N) is 1. The van der Waals surface area contributed by atoms with Crippen molar-refractivity contribution >= 4 is 11.8 Å². The van der Waals surface area contributed by atoms with Gasteiger partial charge in [-0.3, -0.25) is 10.1 Å². The summed E-state index contributed by atoms with van der Waals surface area (Å²) in [6, 6.07) is -0.188. The molecule has 0 aliphatic heterocycles. The predicted molar refractivity (Wildman–Crippen MR) is 66.7 cm³/mol. The molecule has 0 aliphatic rings. The Balaban J connectivity index is 2.59. The molecule has 1 aromatic heterocycles. The molecule has 1 amide bonds. The Morgan fingerprint density at radius 1 is 1.47 bits per heavy atom. The van der Waals surface area contributed by atoms with E-state index < -0.39 is 0 Å². The Morgan fingerprint density at radius 3 is 2.47 bits per heavy atom. The van der Waals surface area contributed by atoms with Crippen LogP contribution in [0.3, 0.4) is 0 Å². The van der Waals surface area contributed by atoms with Crippen LogP contribution in [-0.2, 0) is 4.79 Å². The third kappa shape index (κ3) is 3.56. The second kappa shape index (κ2) is 4.87. The molecule has 0 radical (unpaired) electrons. The van der Waals surface area contributed by atoms with Crippen LogP contribution in [0.2, 0.25) is 0 Å². The van der Waals surface area contributed by atoms with Gasteiger partial charge in [0.2, 0.25) is 11.8 Å². The summed E-state index contributed by atoms with van der Waals surface area (Å²) in [5, 5.41) is 6.46. The molecular formula is C12H21N3O2. The van der Waals surface area contributed by atoms with Gasteiger partial charge in [0.15, 0.2) is 0 Å². The Morgan fingerprint density at radius 2 is 2.06 bits per heavy atom. The number of hydrogen-bond acceptors (Lipinski definition) is 4. The summed E-state index contributed by atoms with van der Waals surface area (Å²) >= 11 is 0. The van der Waals surface area contributed by atoms with Crippen LogP contribution in [0.25, 0.3) is 0 Å². The van der Waals surface area contributed by atoms with E-state index in [1.165, 1.54) is 0 Å². The number of anilines is 1. The van der Waals surface area contributed by atoms with Crippen LogP contribution >= 0.6 is 0 Å². The van der Waals surface area contributed by atoms with Gasteiger partial charge in [0.25, 0.3) is 0 Å². The third-order valence-electron chi connectivity index (χ3n) is 2.93. The van der Waals surface area contributed by atoms with Crippen LogP contribution in [0.5, 0.6) is 0 Å². The molecule has 3 N–H and O–H groups in total. The standard InChI is InChI=1S/C12H21N3O2/c1-7-8(2)15-17-11(7)14-10(16)6-9(13)12(3,4)5/h9H,6,13H2,1-5H3,(H,14,16). The second-order valence-electron chi connectivity index (χ2n) is 5.45. The topological polar surface area (TPSA) is 81.2 Å². The first-order valence-electron chi connectivity index (χ1n) is 5.70. The smallest absolute Gasteiger partial charge is 0.234 e. The van der Waals surface area contributed by atoms with E-state index in [-0.39, 0.29) is 23.8 Å². The molecule has 0 fully saturated rings. The van der Waals surface area contributed by atoms with Crippen LogP contribution in [0.1, 0.15) is 38.4 Å². The number of nitrogens with one attached hydrogen (secondary N) is 1. The number of amides is 1. The Bertz CT molecular complexity index is 404. The molecule has 5 nitrogen and oxygen atoms in total. The van der Waals surface area contributed by atoms with E-state index in [1.807, 2.05) is 34.6 Å². The normalized spacial score (nSPS) is 13.5. The third-order valence-corrected chi connectivity index (χ3v) is 2.93. The van der Waals surface area contributed by atoms with E-state index in [4.69, 9.17) is 10.3 Å². The molecule has 17 heavy (non-hydrogen) atoms. The summed E-state index contributed by atoms with van der Waals surface area (Å²) in [5.74, 6) is 0.264. The van der Waals surface area contributed by atoms with Crippen molar-refractivity contribution in [3.63, 3.8) is 0 Å². The largest absolute Gasteiger partial charge is 0.338 e. The minimum atomic E-state index is -0.188. The molecule has 1 aromatic rings. The highest BCUT2D eigenvalue weighted by molar-refractivity contribution is 5.90. The fraction of sp³-hybridized carbons (Fsp3) is 0.667. The summed E-state index contributed by atoms with van der Waals surface area (Å²) in [4.78, 5) is 11.8. The highest BCUT2D eigenvalue weighted by Gasteiger charge is 2.24. The average Bonchev–Trinajstić information content (AvgIpc) is 2.48. The summed E-state index contributed by atoms with van der Waals surface area (Å²) in [7, 11) is 0. The van der Waals surface area contributed by atoms with Gasteiger partial charge in [-0.25, -0.2) is 0 Å². The number of carbonyl (C=O) groups excluding carboxylic acids is 1. The lowest BCUT2D eigenvalue weighted by atomic mass is 9.85.